The highest BCUT2D eigenvalue weighted by molar-refractivity contribution is 5.89. The van der Waals surface area contributed by atoms with Crippen molar-refractivity contribution in [1.29, 1.82) is 0 Å². The second kappa shape index (κ2) is 5.67. The summed E-state index contributed by atoms with van der Waals surface area (Å²) in [5.74, 6) is 0.714. The Bertz CT molecular complexity index is 749. The largest absolute Gasteiger partial charge is 0.359 e. The van der Waals surface area contributed by atoms with E-state index in [4.69, 9.17) is 4.52 Å². The van der Waals surface area contributed by atoms with Crippen LogP contribution in [0.3, 0.4) is 0 Å². The lowest BCUT2D eigenvalue weighted by Crippen LogP contribution is -2.34. The van der Waals surface area contributed by atoms with Gasteiger partial charge in [-0.2, -0.15) is 0 Å². The molecule has 0 aliphatic carbocycles. The first-order chi connectivity index (χ1) is 10.5. The molecule has 1 N–H and O–H groups in total. The molecule has 0 aromatic carbocycles. The van der Waals surface area contributed by atoms with E-state index in [1.54, 1.807) is 24.2 Å². The number of urea groups is 1. The number of rotatable bonds is 2. The number of likely N-dealkylation sites (tertiary alicyclic amines) is 1. The third kappa shape index (κ3) is 2.74. The van der Waals surface area contributed by atoms with E-state index in [0.29, 0.717) is 18.0 Å². The smallest absolute Gasteiger partial charge is 0.322 e. The maximum absolute atomic E-state index is 12.5. The number of aromatic nitrogens is 2. The second-order valence-electron chi connectivity index (χ2n) is 5.52. The van der Waals surface area contributed by atoms with E-state index < -0.39 is 0 Å². The fraction of sp³-hybridized carbons (Fsp3) is 0.400. The summed E-state index contributed by atoms with van der Waals surface area (Å²) in [7, 11) is 1.65. The molecule has 1 atom stereocenters. The Morgan fingerprint density at radius 1 is 1.45 bits per heavy atom. The standard InChI is InChI=1S/C15H18N4O3/c1-10-8-13(22-17-10)12-4-3-7-19(12)15(21)16-11-5-6-14(20)18(2)9-11/h5-6,8-9,12H,3-4,7H2,1-2H3,(H,16,21). The van der Waals surface area contributed by atoms with Crippen LogP contribution in [0.1, 0.15) is 30.3 Å². The van der Waals surface area contributed by atoms with Crippen LogP contribution in [-0.4, -0.2) is 27.2 Å². The van der Waals surface area contributed by atoms with Crippen molar-refractivity contribution in [1.82, 2.24) is 14.6 Å². The highest BCUT2D eigenvalue weighted by Gasteiger charge is 2.32. The molecule has 1 fully saturated rings. The number of carbonyl (C=O) groups is 1. The monoisotopic (exact) mass is 302 g/mol. The van der Waals surface area contributed by atoms with Crippen LogP contribution in [0.2, 0.25) is 0 Å². The van der Waals surface area contributed by atoms with Gasteiger partial charge in [-0.25, -0.2) is 4.79 Å². The lowest BCUT2D eigenvalue weighted by Gasteiger charge is -2.23. The molecule has 0 bridgehead atoms. The summed E-state index contributed by atoms with van der Waals surface area (Å²) in [6, 6.07) is 4.60. The Morgan fingerprint density at radius 3 is 2.95 bits per heavy atom. The van der Waals surface area contributed by atoms with Crippen molar-refractivity contribution in [3.8, 4) is 0 Å². The molecule has 22 heavy (non-hydrogen) atoms. The molecular formula is C15H18N4O3. The third-order valence-corrected chi connectivity index (χ3v) is 3.83. The molecule has 2 amide bonds. The first-order valence-corrected chi connectivity index (χ1v) is 7.22. The third-order valence-electron chi connectivity index (χ3n) is 3.83. The molecule has 2 aromatic rings. The number of amides is 2. The lowest BCUT2D eigenvalue weighted by atomic mass is 10.1. The average Bonchev–Trinajstić information content (AvgIpc) is 3.11. The van der Waals surface area contributed by atoms with Gasteiger partial charge < -0.3 is 19.3 Å². The Balaban J connectivity index is 1.76. The van der Waals surface area contributed by atoms with Crippen LogP contribution in [0.5, 0.6) is 0 Å². The Hall–Kier alpha value is -2.57. The van der Waals surface area contributed by atoms with Crippen molar-refractivity contribution in [2.24, 2.45) is 7.05 Å². The quantitative estimate of drug-likeness (QED) is 0.920. The van der Waals surface area contributed by atoms with Crippen LogP contribution in [0.4, 0.5) is 10.5 Å². The summed E-state index contributed by atoms with van der Waals surface area (Å²) in [4.78, 5) is 25.6. The molecule has 3 heterocycles. The van der Waals surface area contributed by atoms with E-state index in [9.17, 15) is 9.59 Å². The summed E-state index contributed by atoms with van der Waals surface area (Å²) in [6.07, 6.45) is 3.38. The first-order valence-electron chi connectivity index (χ1n) is 7.22. The van der Waals surface area contributed by atoms with Gasteiger partial charge in [-0.15, -0.1) is 0 Å². The molecule has 7 heteroatoms. The highest BCUT2D eigenvalue weighted by Crippen LogP contribution is 2.32. The van der Waals surface area contributed by atoms with Gasteiger partial charge in [0.2, 0.25) is 5.56 Å². The normalized spacial score (nSPS) is 17.7. The van der Waals surface area contributed by atoms with Gasteiger partial charge in [-0.05, 0) is 25.8 Å². The molecule has 1 aliphatic heterocycles. The molecule has 0 spiro atoms. The van der Waals surface area contributed by atoms with E-state index in [0.717, 1.165) is 18.5 Å². The zero-order chi connectivity index (χ0) is 15.7. The number of hydrogen-bond acceptors (Lipinski definition) is 4. The van der Waals surface area contributed by atoms with E-state index >= 15 is 0 Å². The van der Waals surface area contributed by atoms with Crippen molar-refractivity contribution in [3.05, 3.63) is 46.2 Å². The maximum Gasteiger partial charge on any atom is 0.322 e. The van der Waals surface area contributed by atoms with Crippen LogP contribution in [0.25, 0.3) is 0 Å². The van der Waals surface area contributed by atoms with E-state index in [1.165, 1.54) is 10.6 Å². The van der Waals surface area contributed by atoms with Gasteiger partial charge in [0.1, 0.15) is 0 Å². The number of aryl methyl sites for hydroxylation is 2. The minimum atomic E-state index is -0.199. The van der Waals surface area contributed by atoms with Gasteiger partial charge >= 0.3 is 6.03 Å². The molecule has 1 unspecified atom stereocenters. The van der Waals surface area contributed by atoms with E-state index in [-0.39, 0.29) is 17.6 Å². The van der Waals surface area contributed by atoms with Crippen LogP contribution in [-0.2, 0) is 7.05 Å². The molecule has 7 nitrogen and oxygen atoms in total. The van der Waals surface area contributed by atoms with Crippen LogP contribution in [0.15, 0.2) is 33.7 Å². The lowest BCUT2D eigenvalue weighted by molar-refractivity contribution is 0.195. The van der Waals surface area contributed by atoms with Gasteiger partial charge in [0.15, 0.2) is 5.76 Å². The summed E-state index contributed by atoms with van der Waals surface area (Å²) in [5, 5.41) is 6.71. The zero-order valence-electron chi connectivity index (χ0n) is 12.6. The Morgan fingerprint density at radius 2 is 2.27 bits per heavy atom. The molecule has 0 saturated carbocycles. The fourth-order valence-electron chi connectivity index (χ4n) is 2.71. The average molecular weight is 302 g/mol. The molecule has 2 aromatic heterocycles. The molecule has 3 rings (SSSR count). The predicted molar refractivity (Wildman–Crippen MR) is 80.6 cm³/mol. The Kier molecular flexibility index (Phi) is 3.70. The Labute approximate surface area is 127 Å². The minimum Gasteiger partial charge on any atom is -0.359 e. The molecule has 116 valence electrons. The summed E-state index contributed by atoms with van der Waals surface area (Å²) in [6.45, 7) is 2.53. The summed E-state index contributed by atoms with van der Waals surface area (Å²) >= 11 is 0. The van der Waals surface area contributed by atoms with Gasteiger partial charge in [0, 0.05) is 31.9 Å². The van der Waals surface area contributed by atoms with Crippen molar-refractivity contribution >= 4 is 11.7 Å². The molecule has 1 aliphatic rings. The predicted octanol–water partition coefficient (Wildman–Crippen LogP) is 2.05. The highest BCUT2D eigenvalue weighted by atomic mass is 16.5. The number of nitrogens with zero attached hydrogens (tertiary/aromatic N) is 3. The molecular weight excluding hydrogens is 284 g/mol. The number of hydrogen-bond donors (Lipinski definition) is 1. The number of carbonyl (C=O) groups excluding carboxylic acids is 1. The van der Waals surface area contributed by atoms with Crippen LogP contribution < -0.4 is 10.9 Å². The SMILES string of the molecule is Cc1cc(C2CCCN2C(=O)Nc2ccc(=O)n(C)c2)on1. The second-order valence-corrected chi connectivity index (χ2v) is 5.52. The number of nitrogens with one attached hydrogen (secondary N) is 1. The van der Waals surface area contributed by atoms with Crippen LogP contribution >= 0.6 is 0 Å². The van der Waals surface area contributed by atoms with Crippen molar-refractivity contribution < 1.29 is 9.32 Å². The number of anilines is 1. The molecule has 0 radical (unpaired) electrons. The first kappa shape index (κ1) is 14.4. The van der Waals surface area contributed by atoms with Gasteiger partial charge in [0.05, 0.1) is 17.4 Å². The van der Waals surface area contributed by atoms with Gasteiger partial charge in [-0.3, -0.25) is 4.79 Å². The van der Waals surface area contributed by atoms with Crippen molar-refractivity contribution in [3.63, 3.8) is 0 Å². The van der Waals surface area contributed by atoms with E-state index in [2.05, 4.69) is 10.5 Å². The number of pyridine rings is 1. The summed E-state index contributed by atoms with van der Waals surface area (Å²) < 4.78 is 6.72. The van der Waals surface area contributed by atoms with Gasteiger partial charge in [-0.1, -0.05) is 5.16 Å². The van der Waals surface area contributed by atoms with Crippen LogP contribution in [0, 0.1) is 6.92 Å². The van der Waals surface area contributed by atoms with Gasteiger partial charge in [0.25, 0.3) is 0 Å². The zero-order valence-corrected chi connectivity index (χ0v) is 12.6. The minimum absolute atomic E-state index is 0.0891. The molecule has 1 saturated heterocycles. The van der Waals surface area contributed by atoms with Crippen molar-refractivity contribution in [2.75, 3.05) is 11.9 Å². The topological polar surface area (TPSA) is 80.4 Å². The van der Waals surface area contributed by atoms with E-state index in [1.807, 2.05) is 13.0 Å². The fourth-order valence-corrected chi connectivity index (χ4v) is 2.71. The summed E-state index contributed by atoms with van der Waals surface area (Å²) in [5.41, 5.74) is 1.28. The van der Waals surface area contributed by atoms with Crippen molar-refractivity contribution in [2.45, 2.75) is 25.8 Å². The maximum atomic E-state index is 12.5.